The summed E-state index contributed by atoms with van der Waals surface area (Å²) in [6.07, 6.45) is 2.45. The maximum Gasteiger partial charge on any atom is 0.330 e. The summed E-state index contributed by atoms with van der Waals surface area (Å²) in [5.74, 6) is -0.292. The maximum absolute atomic E-state index is 13.2. The predicted molar refractivity (Wildman–Crippen MR) is 129 cm³/mol. The lowest BCUT2D eigenvalue weighted by Crippen LogP contribution is -2.45. The summed E-state index contributed by atoms with van der Waals surface area (Å²) in [7, 11) is -2.24. The zero-order valence-corrected chi connectivity index (χ0v) is 20.0. The molecule has 11 nitrogen and oxygen atoms in total. The molecule has 34 heavy (non-hydrogen) atoms. The Bertz CT molecular complexity index is 1370. The van der Waals surface area contributed by atoms with Crippen molar-refractivity contribution in [2.24, 2.45) is 10.3 Å². The molecule has 0 atom stereocenters. The minimum atomic E-state index is -3.72. The molecule has 12 heteroatoms. The number of H-pyrrole nitrogens is 1. The highest BCUT2D eigenvalue weighted by molar-refractivity contribution is 7.90. The summed E-state index contributed by atoms with van der Waals surface area (Å²) in [5.41, 5.74) is 5.37. The number of amides is 1. The van der Waals surface area contributed by atoms with E-state index in [-0.39, 0.29) is 28.2 Å². The lowest BCUT2D eigenvalue weighted by molar-refractivity contribution is -0.123. The number of fused-ring (bicyclic) bond motifs is 1. The van der Waals surface area contributed by atoms with E-state index in [4.69, 9.17) is 5.73 Å². The molecule has 1 amide bonds. The van der Waals surface area contributed by atoms with Crippen LogP contribution in [0.3, 0.4) is 0 Å². The number of nitrogens with zero attached hydrogens (tertiary/aromatic N) is 4. The van der Waals surface area contributed by atoms with E-state index in [2.05, 4.69) is 9.38 Å². The van der Waals surface area contributed by atoms with Crippen molar-refractivity contribution in [3.63, 3.8) is 0 Å². The Balaban J connectivity index is 1.51. The zero-order chi connectivity index (χ0) is 24.6. The first kappa shape index (κ1) is 23.7. The highest BCUT2D eigenvalue weighted by Gasteiger charge is 2.35. The molecule has 2 aliphatic rings. The number of amidine groups is 1. The Labute approximate surface area is 197 Å². The van der Waals surface area contributed by atoms with Gasteiger partial charge in [0.2, 0.25) is 5.91 Å². The van der Waals surface area contributed by atoms with E-state index in [0.717, 1.165) is 6.42 Å². The Morgan fingerprint density at radius 2 is 1.91 bits per heavy atom. The molecule has 0 aliphatic carbocycles. The van der Waals surface area contributed by atoms with Gasteiger partial charge in [0.1, 0.15) is 10.7 Å². The number of nitrogens with one attached hydrogen (secondary N) is 1. The maximum atomic E-state index is 13.2. The smallest absolute Gasteiger partial charge is 0.330 e. The number of piperidine rings is 1. The van der Waals surface area contributed by atoms with E-state index in [1.807, 2.05) is 11.8 Å². The molecule has 2 aromatic rings. The number of carbonyl (C=O) groups is 1. The van der Waals surface area contributed by atoms with E-state index in [0.29, 0.717) is 50.3 Å². The topological polar surface area (TPSA) is 151 Å². The molecular formula is C22H28N6O5S. The molecule has 0 saturated carbocycles. The minimum Gasteiger partial charge on any atom is -0.383 e. The third-order valence-corrected chi connectivity index (χ3v) is 7.70. The van der Waals surface area contributed by atoms with Gasteiger partial charge in [0.05, 0.1) is 0 Å². The monoisotopic (exact) mass is 488 g/mol. The van der Waals surface area contributed by atoms with Gasteiger partial charge in [-0.15, -0.1) is 4.40 Å². The number of aromatic amines is 1. The number of unbranched alkanes of at least 4 members (excludes halogenated alkanes) is 1. The minimum absolute atomic E-state index is 0.0300. The molecule has 182 valence electrons. The second kappa shape index (κ2) is 9.09. The van der Waals surface area contributed by atoms with Gasteiger partial charge in [0.15, 0.2) is 11.5 Å². The Hall–Kier alpha value is -3.41. The van der Waals surface area contributed by atoms with Gasteiger partial charge in [-0.1, -0.05) is 25.5 Å². The van der Waals surface area contributed by atoms with Gasteiger partial charge in [0.25, 0.3) is 15.6 Å². The highest BCUT2D eigenvalue weighted by Crippen LogP contribution is 2.30. The van der Waals surface area contributed by atoms with Gasteiger partial charge in [-0.05, 0) is 31.4 Å². The van der Waals surface area contributed by atoms with Crippen molar-refractivity contribution in [3.8, 4) is 0 Å². The fourth-order valence-electron chi connectivity index (χ4n) is 4.48. The van der Waals surface area contributed by atoms with Crippen molar-refractivity contribution in [3.05, 3.63) is 50.7 Å². The van der Waals surface area contributed by atoms with Crippen molar-refractivity contribution < 1.29 is 13.2 Å². The summed E-state index contributed by atoms with van der Waals surface area (Å²) in [4.78, 5) is 43.4. The molecule has 3 heterocycles. The zero-order valence-electron chi connectivity index (χ0n) is 19.2. The van der Waals surface area contributed by atoms with Gasteiger partial charge in [-0.3, -0.25) is 19.1 Å². The quantitative estimate of drug-likeness (QED) is 0.630. The molecule has 0 bridgehead atoms. The number of hydrogen-bond donors (Lipinski definition) is 2. The summed E-state index contributed by atoms with van der Waals surface area (Å²) in [6, 6.07) is 6.69. The van der Waals surface area contributed by atoms with Gasteiger partial charge in [-0.25, -0.2) is 4.79 Å². The van der Waals surface area contributed by atoms with Crippen molar-refractivity contribution in [1.82, 2.24) is 14.5 Å². The van der Waals surface area contributed by atoms with Crippen molar-refractivity contribution in [2.45, 2.75) is 44.0 Å². The number of rotatable bonds is 5. The van der Waals surface area contributed by atoms with Crippen LogP contribution in [-0.4, -0.2) is 54.7 Å². The Morgan fingerprint density at radius 3 is 2.59 bits per heavy atom. The van der Waals surface area contributed by atoms with Crippen molar-refractivity contribution >= 4 is 33.3 Å². The number of anilines is 2. The van der Waals surface area contributed by atoms with Crippen LogP contribution in [0.5, 0.6) is 0 Å². The van der Waals surface area contributed by atoms with Gasteiger partial charge >= 0.3 is 5.69 Å². The third-order valence-electron chi connectivity index (χ3n) is 6.37. The number of benzene rings is 1. The molecule has 4 rings (SSSR count). The first-order valence-electron chi connectivity index (χ1n) is 11.2. The normalized spacial score (nSPS) is 17.4. The van der Waals surface area contributed by atoms with Crippen LogP contribution in [0, 0.1) is 5.92 Å². The van der Waals surface area contributed by atoms with E-state index in [1.54, 1.807) is 18.2 Å². The molecule has 0 unspecified atom stereocenters. The SMILES string of the molecule is CCCCn1c(N)c(N(C)C(=O)C2CCN(C3=NS(=O)(=O)c4ccccc43)CC2)c(=O)[nH]c1=O. The van der Waals surface area contributed by atoms with Gasteiger partial charge < -0.3 is 15.5 Å². The van der Waals surface area contributed by atoms with E-state index >= 15 is 0 Å². The first-order chi connectivity index (χ1) is 16.2. The number of aromatic nitrogens is 2. The number of hydrogen-bond acceptors (Lipinski definition) is 7. The van der Waals surface area contributed by atoms with E-state index < -0.39 is 21.3 Å². The number of sulfonamides is 1. The summed E-state index contributed by atoms with van der Waals surface area (Å²) < 4.78 is 30.0. The van der Waals surface area contributed by atoms with Crippen LogP contribution in [0.15, 0.2) is 43.1 Å². The van der Waals surface area contributed by atoms with Crippen LogP contribution in [0.4, 0.5) is 11.5 Å². The number of carbonyl (C=O) groups excluding carboxylic acids is 1. The standard InChI is InChI=1S/C22H28N6O5S/c1-3-4-11-28-18(23)17(20(29)24-22(28)31)26(2)21(30)14-9-12-27(13-10-14)19-15-7-5-6-8-16(15)34(32,33)25-19/h5-8,14H,3-4,9-13,23H2,1-2H3,(H,24,29,31). The van der Waals surface area contributed by atoms with Crippen LogP contribution in [-0.2, 0) is 21.4 Å². The van der Waals surface area contributed by atoms with E-state index in [1.165, 1.54) is 22.6 Å². The second-order valence-corrected chi connectivity index (χ2v) is 10.1. The largest absolute Gasteiger partial charge is 0.383 e. The van der Waals surface area contributed by atoms with Crippen LogP contribution in [0.2, 0.25) is 0 Å². The first-order valence-corrected chi connectivity index (χ1v) is 12.7. The predicted octanol–water partition coefficient (Wildman–Crippen LogP) is 0.743. The average Bonchev–Trinajstić information content (AvgIpc) is 3.09. The average molecular weight is 489 g/mol. The van der Waals surface area contributed by atoms with Crippen molar-refractivity contribution in [1.29, 1.82) is 0 Å². The molecule has 1 saturated heterocycles. The molecular weight excluding hydrogens is 460 g/mol. The van der Waals surface area contributed by atoms with Gasteiger partial charge in [0, 0.05) is 38.2 Å². The number of likely N-dealkylation sites (tertiary alicyclic amines) is 1. The summed E-state index contributed by atoms with van der Waals surface area (Å²) >= 11 is 0. The molecule has 1 fully saturated rings. The Morgan fingerprint density at radius 1 is 1.24 bits per heavy atom. The fourth-order valence-corrected chi connectivity index (χ4v) is 5.71. The lowest BCUT2D eigenvalue weighted by Gasteiger charge is -2.34. The highest BCUT2D eigenvalue weighted by atomic mass is 32.2. The van der Waals surface area contributed by atoms with Crippen LogP contribution < -0.4 is 21.9 Å². The molecule has 1 aromatic heterocycles. The summed E-state index contributed by atoms with van der Waals surface area (Å²) in [5, 5.41) is 0. The van der Waals surface area contributed by atoms with Crippen LogP contribution >= 0.6 is 0 Å². The number of nitrogen functional groups attached to an aromatic ring is 1. The summed E-state index contributed by atoms with van der Waals surface area (Å²) in [6.45, 7) is 3.20. The van der Waals surface area contributed by atoms with Crippen LogP contribution in [0.1, 0.15) is 38.2 Å². The second-order valence-electron chi connectivity index (χ2n) is 8.54. The molecule has 1 aromatic carbocycles. The molecule has 0 spiro atoms. The fraction of sp³-hybridized carbons (Fsp3) is 0.455. The van der Waals surface area contributed by atoms with E-state index in [9.17, 15) is 22.8 Å². The molecule has 0 radical (unpaired) electrons. The third kappa shape index (κ3) is 4.13. The number of nitrogens with two attached hydrogens (primary N) is 1. The van der Waals surface area contributed by atoms with Crippen LogP contribution in [0.25, 0.3) is 0 Å². The molecule has 3 N–H and O–H groups in total. The van der Waals surface area contributed by atoms with Gasteiger partial charge in [-0.2, -0.15) is 8.42 Å². The Kier molecular flexibility index (Phi) is 6.34. The van der Waals surface area contributed by atoms with Crippen molar-refractivity contribution in [2.75, 3.05) is 30.8 Å². The molecule has 2 aliphatic heterocycles. The lowest BCUT2D eigenvalue weighted by atomic mass is 9.94.